The van der Waals surface area contributed by atoms with Crippen molar-refractivity contribution in [3.05, 3.63) is 0 Å². The van der Waals surface area contributed by atoms with Crippen LogP contribution in [0, 0.1) is 11.3 Å². The van der Waals surface area contributed by atoms with Crippen LogP contribution in [0.4, 0.5) is 0 Å². The Bertz CT molecular complexity index is 236. The molecule has 0 amide bonds. The van der Waals surface area contributed by atoms with Crippen molar-refractivity contribution in [3.63, 3.8) is 0 Å². The summed E-state index contributed by atoms with van der Waals surface area (Å²) < 4.78 is 5.58. The third-order valence-corrected chi connectivity index (χ3v) is 4.41. The van der Waals surface area contributed by atoms with E-state index in [9.17, 15) is 0 Å². The van der Waals surface area contributed by atoms with Crippen LogP contribution in [0.3, 0.4) is 0 Å². The molecule has 0 spiro atoms. The lowest BCUT2D eigenvalue weighted by molar-refractivity contribution is 0.0146. The van der Waals surface area contributed by atoms with E-state index in [1.165, 1.54) is 32.4 Å². The minimum absolute atomic E-state index is 0.391. The van der Waals surface area contributed by atoms with E-state index < -0.39 is 0 Å². The Labute approximate surface area is 106 Å². The normalized spacial score (nSPS) is 33.9. The highest BCUT2D eigenvalue weighted by Gasteiger charge is 2.35. The maximum Gasteiger partial charge on any atom is 0.0506 e. The van der Waals surface area contributed by atoms with Gasteiger partial charge in [-0.05, 0) is 44.2 Å². The van der Waals surface area contributed by atoms with E-state index in [1.807, 2.05) is 0 Å². The predicted molar refractivity (Wildman–Crippen MR) is 71.2 cm³/mol. The first-order valence-electron chi connectivity index (χ1n) is 7.08. The van der Waals surface area contributed by atoms with Gasteiger partial charge in [0.05, 0.1) is 6.61 Å². The second-order valence-corrected chi connectivity index (χ2v) is 6.49. The lowest BCUT2D eigenvalue weighted by Crippen LogP contribution is -2.54. The fourth-order valence-electron chi connectivity index (χ4n) is 3.46. The van der Waals surface area contributed by atoms with Gasteiger partial charge in [-0.1, -0.05) is 13.8 Å². The molecule has 0 aromatic heterocycles. The zero-order valence-electron chi connectivity index (χ0n) is 11.7. The van der Waals surface area contributed by atoms with Crippen LogP contribution in [0.25, 0.3) is 0 Å². The number of rotatable bonds is 3. The van der Waals surface area contributed by atoms with Crippen LogP contribution in [0.2, 0.25) is 0 Å². The number of nitrogens with zero attached hydrogens (tertiary/aromatic N) is 1. The Morgan fingerprint density at radius 3 is 2.82 bits per heavy atom. The largest absolute Gasteiger partial charge is 0.381 e. The topological polar surface area (TPSA) is 24.5 Å². The summed E-state index contributed by atoms with van der Waals surface area (Å²) in [6.45, 7) is 10.2. The summed E-state index contributed by atoms with van der Waals surface area (Å²) in [4.78, 5) is 2.58. The zero-order valence-corrected chi connectivity index (χ0v) is 11.7. The molecule has 0 radical (unpaired) electrons. The lowest BCUT2D eigenvalue weighted by atomic mass is 9.79. The molecule has 100 valence electrons. The quantitative estimate of drug-likeness (QED) is 0.813. The zero-order chi connectivity index (χ0) is 12.3. The van der Waals surface area contributed by atoms with Gasteiger partial charge in [-0.2, -0.15) is 0 Å². The predicted octanol–water partition coefficient (Wildman–Crippen LogP) is 1.73. The molecule has 2 rings (SSSR count). The summed E-state index contributed by atoms with van der Waals surface area (Å²) in [7, 11) is 2.30. The van der Waals surface area contributed by atoms with Gasteiger partial charge in [-0.25, -0.2) is 0 Å². The molecule has 0 saturated carbocycles. The Balaban J connectivity index is 1.87. The van der Waals surface area contributed by atoms with E-state index in [4.69, 9.17) is 4.74 Å². The third-order valence-electron chi connectivity index (χ3n) is 4.41. The lowest BCUT2D eigenvalue weighted by Gasteiger charge is -2.45. The van der Waals surface area contributed by atoms with E-state index in [-0.39, 0.29) is 0 Å². The van der Waals surface area contributed by atoms with Crippen molar-refractivity contribution in [2.24, 2.45) is 11.3 Å². The molecule has 0 aliphatic carbocycles. The van der Waals surface area contributed by atoms with Crippen LogP contribution in [0.1, 0.15) is 33.1 Å². The van der Waals surface area contributed by atoms with Crippen molar-refractivity contribution in [2.45, 2.75) is 39.2 Å². The summed E-state index contributed by atoms with van der Waals surface area (Å²) in [5, 5.41) is 3.51. The molecule has 0 aromatic rings. The summed E-state index contributed by atoms with van der Waals surface area (Å²) in [5.41, 5.74) is 0.391. The molecule has 2 aliphatic heterocycles. The molecule has 2 atom stereocenters. The number of hydrogen-bond acceptors (Lipinski definition) is 3. The Morgan fingerprint density at radius 1 is 1.35 bits per heavy atom. The maximum absolute atomic E-state index is 5.58. The second kappa shape index (κ2) is 5.68. The summed E-state index contributed by atoms with van der Waals surface area (Å²) in [6.07, 6.45) is 3.86. The summed E-state index contributed by atoms with van der Waals surface area (Å²) in [6, 6.07) is 0.714. The first kappa shape index (κ1) is 13.3. The Kier molecular flexibility index (Phi) is 4.45. The standard InChI is InChI=1S/C14H28N2O/c1-14(2)11-15-7-6-13(14)16(3)9-12-5-4-8-17-10-12/h12-13,15H,4-11H2,1-3H3. The number of piperidine rings is 1. The van der Waals surface area contributed by atoms with Crippen molar-refractivity contribution in [2.75, 3.05) is 39.9 Å². The second-order valence-electron chi connectivity index (χ2n) is 6.49. The molecule has 0 aromatic carbocycles. The monoisotopic (exact) mass is 240 g/mol. The SMILES string of the molecule is CN(CC1CCCOC1)C1CCNCC1(C)C. The van der Waals surface area contributed by atoms with Crippen LogP contribution in [-0.2, 0) is 4.74 Å². The van der Waals surface area contributed by atoms with Gasteiger partial charge in [0, 0.05) is 25.7 Å². The van der Waals surface area contributed by atoms with Crippen LogP contribution in [0.5, 0.6) is 0 Å². The molecular formula is C14H28N2O. The van der Waals surface area contributed by atoms with Gasteiger partial charge in [0.25, 0.3) is 0 Å². The van der Waals surface area contributed by atoms with Crippen molar-refractivity contribution in [3.8, 4) is 0 Å². The minimum atomic E-state index is 0.391. The van der Waals surface area contributed by atoms with E-state index in [2.05, 4.69) is 31.1 Å². The van der Waals surface area contributed by atoms with Crippen LogP contribution in [0.15, 0.2) is 0 Å². The maximum atomic E-state index is 5.58. The average Bonchev–Trinajstić information content (AvgIpc) is 2.29. The number of nitrogens with one attached hydrogen (secondary N) is 1. The fraction of sp³-hybridized carbons (Fsp3) is 1.00. The molecule has 2 aliphatic rings. The summed E-state index contributed by atoms with van der Waals surface area (Å²) >= 11 is 0. The molecule has 2 unspecified atom stereocenters. The van der Waals surface area contributed by atoms with Crippen LogP contribution < -0.4 is 5.32 Å². The number of ether oxygens (including phenoxy) is 1. The highest BCUT2D eigenvalue weighted by Crippen LogP contribution is 2.30. The van der Waals surface area contributed by atoms with E-state index in [1.54, 1.807) is 0 Å². The molecule has 2 heterocycles. The molecule has 3 nitrogen and oxygen atoms in total. The van der Waals surface area contributed by atoms with Crippen molar-refractivity contribution in [1.82, 2.24) is 10.2 Å². The summed E-state index contributed by atoms with van der Waals surface area (Å²) in [5.74, 6) is 0.749. The van der Waals surface area contributed by atoms with Crippen LogP contribution in [-0.4, -0.2) is 50.8 Å². The molecule has 17 heavy (non-hydrogen) atoms. The number of hydrogen-bond donors (Lipinski definition) is 1. The minimum Gasteiger partial charge on any atom is -0.381 e. The smallest absolute Gasteiger partial charge is 0.0506 e. The highest BCUT2D eigenvalue weighted by atomic mass is 16.5. The third kappa shape index (κ3) is 3.43. The average molecular weight is 240 g/mol. The molecular weight excluding hydrogens is 212 g/mol. The first-order valence-corrected chi connectivity index (χ1v) is 7.08. The van der Waals surface area contributed by atoms with Crippen LogP contribution >= 0.6 is 0 Å². The van der Waals surface area contributed by atoms with E-state index in [0.29, 0.717) is 11.5 Å². The molecule has 2 fully saturated rings. The molecule has 2 saturated heterocycles. The van der Waals surface area contributed by atoms with Crippen molar-refractivity contribution < 1.29 is 4.74 Å². The van der Waals surface area contributed by atoms with Crippen molar-refractivity contribution in [1.29, 1.82) is 0 Å². The first-order chi connectivity index (χ1) is 8.09. The van der Waals surface area contributed by atoms with Gasteiger partial charge in [0.2, 0.25) is 0 Å². The van der Waals surface area contributed by atoms with E-state index in [0.717, 1.165) is 25.7 Å². The molecule has 1 N–H and O–H groups in total. The van der Waals surface area contributed by atoms with Gasteiger partial charge < -0.3 is 15.0 Å². The van der Waals surface area contributed by atoms with Gasteiger partial charge in [0.1, 0.15) is 0 Å². The van der Waals surface area contributed by atoms with Gasteiger partial charge in [-0.3, -0.25) is 0 Å². The van der Waals surface area contributed by atoms with Gasteiger partial charge in [-0.15, -0.1) is 0 Å². The fourth-order valence-corrected chi connectivity index (χ4v) is 3.46. The Hall–Kier alpha value is -0.120. The molecule has 0 bridgehead atoms. The Morgan fingerprint density at radius 2 is 2.18 bits per heavy atom. The van der Waals surface area contributed by atoms with Crippen molar-refractivity contribution >= 4 is 0 Å². The van der Waals surface area contributed by atoms with Gasteiger partial charge >= 0.3 is 0 Å². The van der Waals surface area contributed by atoms with E-state index >= 15 is 0 Å². The van der Waals surface area contributed by atoms with Gasteiger partial charge in [0.15, 0.2) is 0 Å². The highest BCUT2D eigenvalue weighted by molar-refractivity contribution is 4.91. The molecule has 3 heteroatoms.